The predicted octanol–water partition coefficient (Wildman–Crippen LogP) is 3.96. The van der Waals surface area contributed by atoms with Crippen molar-refractivity contribution >= 4 is 5.52 Å². The molecule has 1 atom stereocenters. The Labute approximate surface area is 121 Å². The van der Waals surface area contributed by atoms with Gasteiger partial charge in [-0.2, -0.15) is 5.10 Å². The van der Waals surface area contributed by atoms with Crippen LogP contribution in [0.1, 0.15) is 57.1 Å². The number of nitrogens with one attached hydrogen (secondary N) is 1. The minimum Gasteiger partial charge on any atom is -0.310 e. The molecule has 0 saturated heterocycles. The molecule has 1 N–H and O–H groups in total. The summed E-state index contributed by atoms with van der Waals surface area (Å²) in [6.45, 7) is 3.32. The van der Waals surface area contributed by atoms with E-state index < -0.39 is 0 Å². The second kappa shape index (κ2) is 6.40. The van der Waals surface area contributed by atoms with Gasteiger partial charge in [-0.1, -0.05) is 38.7 Å². The van der Waals surface area contributed by atoms with Crippen LogP contribution in [-0.2, 0) is 0 Å². The Kier molecular flexibility index (Phi) is 4.36. The van der Waals surface area contributed by atoms with Gasteiger partial charge in [-0.25, -0.2) is 4.52 Å². The van der Waals surface area contributed by atoms with E-state index in [0.29, 0.717) is 6.04 Å². The van der Waals surface area contributed by atoms with Crippen molar-refractivity contribution in [3.63, 3.8) is 0 Å². The SMILES string of the molecule is CCCNC(CC1CCCC1)c1cnn2ccccc12. The smallest absolute Gasteiger partial charge is 0.0709 e. The van der Waals surface area contributed by atoms with Gasteiger partial charge in [-0.3, -0.25) is 0 Å². The van der Waals surface area contributed by atoms with E-state index in [2.05, 4.69) is 35.7 Å². The van der Waals surface area contributed by atoms with Crippen LogP contribution in [0.4, 0.5) is 0 Å². The van der Waals surface area contributed by atoms with Gasteiger partial charge >= 0.3 is 0 Å². The minimum atomic E-state index is 0.456. The highest BCUT2D eigenvalue weighted by Crippen LogP contribution is 2.34. The van der Waals surface area contributed by atoms with Crippen molar-refractivity contribution in [3.8, 4) is 0 Å². The van der Waals surface area contributed by atoms with E-state index >= 15 is 0 Å². The van der Waals surface area contributed by atoms with Gasteiger partial charge in [-0.05, 0) is 37.4 Å². The molecule has 0 spiro atoms. The molecule has 1 aliphatic rings. The van der Waals surface area contributed by atoms with Crippen LogP contribution in [0.2, 0.25) is 0 Å². The molecule has 3 rings (SSSR count). The van der Waals surface area contributed by atoms with Crippen LogP contribution >= 0.6 is 0 Å². The molecule has 1 saturated carbocycles. The molecule has 0 aromatic carbocycles. The summed E-state index contributed by atoms with van der Waals surface area (Å²) in [5.74, 6) is 0.892. The van der Waals surface area contributed by atoms with Crippen molar-refractivity contribution in [1.29, 1.82) is 0 Å². The second-order valence-electron chi connectivity index (χ2n) is 6.02. The summed E-state index contributed by atoms with van der Waals surface area (Å²) in [7, 11) is 0. The van der Waals surface area contributed by atoms with Crippen LogP contribution in [-0.4, -0.2) is 16.2 Å². The maximum Gasteiger partial charge on any atom is 0.0709 e. The quantitative estimate of drug-likeness (QED) is 0.862. The zero-order chi connectivity index (χ0) is 13.8. The maximum atomic E-state index is 4.50. The monoisotopic (exact) mass is 271 g/mol. The summed E-state index contributed by atoms with van der Waals surface area (Å²) >= 11 is 0. The molecule has 1 aliphatic carbocycles. The van der Waals surface area contributed by atoms with Crippen molar-refractivity contribution in [2.75, 3.05) is 6.54 Å². The molecular formula is C17H25N3. The van der Waals surface area contributed by atoms with E-state index in [1.807, 2.05) is 16.8 Å². The third-order valence-corrected chi connectivity index (χ3v) is 4.52. The first kappa shape index (κ1) is 13.6. The third-order valence-electron chi connectivity index (χ3n) is 4.52. The molecule has 2 heterocycles. The van der Waals surface area contributed by atoms with E-state index in [-0.39, 0.29) is 0 Å². The van der Waals surface area contributed by atoms with E-state index in [9.17, 15) is 0 Å². The molecule has 20 heavy (non-hydrogen) atoms. The first-order valence-electron chi connectivity index (χ1n) is 8.04. The number of pyridine rings is 1. The topological polar surface area (TPSA) is 29.3 Å². The van der Waals surface area contributed by atoms with E-state index in [1.54, 1.807) is 0 Å². The van der Waals surface area contributed by atoms with Gasteiger partial charge in [0.2, 0.25) is 0 Å². The molecule has 0 aliphatic heterocycles. The first-order valence-corrected chi connectivity index (χ1v) is 8.04. The van der Waals surface area contributed by atoms with E-state index in [0.717, 1.165) is 12.5 Å². The van der Waals surface area contributed by atoms with Gasteiger partial charge in [0.1, 0.15) is 0 Å². The van der Waals surface area contributed by atoms with Crippen molar-refractivity contribution in [1.82, 2.24) is 14.9 Å². The molecular weight excluding hydrogens is 246 g/mol. The van der Waals surface area contributed by atoms with Crippen molar-refractivity contribution in [3.05, 3.63) is 36.2 Å². The Bertz CT molecular complexity index is 540. The van der Waals surface area contributed by atoms with Crippen LogP contribution in [0, 0.1) is 5.92 Å². The molecule has 3 heteroatoms. The summed E-state index contributed by atoms with van der Waals surface area (Å²) in [5, 5.41) is 8.24. The Morgan fingerprint density at radius 3 is 3.00 bits per heavy atom. The molecule has 1 fully saturated rings. The predicted molar refractivity (Wildman–Crippen MR) is 82.8 cm³/mol. The largest absolute Gasteiger partial charge is 0.310 e. The summed E-state index contributed by atoms with van der Waals surface area (Å²) in [5.41, 5.74) is 2.62. The standard InChI is InChI=1S/C17H25N3/c1-2-10-18-16(12-14-7-3-4-8-14)15-13-19-20-11-6-5-9-17(15)20/h5-6,9,11,13-14,16,18H,2-4,7-8,10,12H2,1H3. The highest BCUT2D eigenvalue weighted by atomic mass is 15.2. The lowest BCUT2D eigenvalue weighted by atomic mass is 9.94. The van der Waals surface area contributed by atoms with Crippen LogP contribution in [0.15, 0.2) is 30.6 Å². The van der Waals surface area contributed by atoms with Gasteiger partial charge in [0, 0.05) is 17.8 Å². The number of fused-ring (bicyclic) bond motifs is 1. The number of aromatic nitrogens is 2. The third kappa shape index (κ3) is 2.88. The number of hydrogen-bond acceptors (Lipinski definition) is 2. The molecule has 0 radical (unpaired) electrons. The Hall–Kier alpha value is -1.35. The average Bonchev–Trinajstić information content (AvgIpc) is 3.12. The molecule has 1 unspecified atom stereocenters. The normalized spacial score (nSPS) is 17.9. The van der Waals surface area contributed by atoms with Crippen molar-refractivity contribution < 1.29 is 0 Å². The molecule has 2 aromatic heterocycles. The Morgan fingerprint density at radius 1 is 1.35 bits per heavy atom. The lowest BCUT2D eigenvalue weighted by Crippen LogP contribution is -2.24. The molecule has 2 aromatic rings. The van der Waals surface area contributed by atoms with Gasteiger partial charge in [0.25, 0.3) is 0 Å². The highest BCUT2D eigenvalue weighted by molar-refractivity contribution is 5.54. The summed E-state index contributed by atoms with van der Waals surface area (Å²) < 4.78 is 1.99. The number of rotatable bonds is 6. The summed E-state index contributed by atoms with van der Waals surface area (Å²) in [4.78, 5) is 0. The van der Waals surface area contributed by atoms with Crippen LogP contribution in [0.3, 0.4) is 0 Å². The second-order valence-corrected chi connectivity index (χ2v) is 6.02. The Balaban J connectivity index is 1.83. The lowest BCUT2D eigenvalue weighted by molar-refractivity contribution is 0.396. The Morgan fingerprint density at radius 2 is 2.20 bits per heavy atom. The van der Waals surface area contributed by atoms with Crippen LogP contribution in [0.5, 0.6) is 0 Å². The summed E-state index contributed by atoms with van der Waals surface area (Å²) in [6.07, 6.45) is 12.2. The summed E-state index contributed by atoms with van der Waals surface area (Å²) in [6, 6.07) is 6.78. The zero-order valence-electron chi connectivity index (χ0n) is 12.4. The van der Waals surface area contributed by atoms with E-state index in [4.69, 9.17) is 0 Å². The van der Waals surface area contributed by atoms with Crippen LogP contribution < -0.4 is 5.32 Å². The van der Waals surface area contributed by atoms with Gasteiger partial charge in [-0.15, -0.1) is 0 Å². The van der Waals surface area contributed by atoms with E-state index in [1.165, 1.54) is 49.6 Å². The van der Waals surface area contributed by atoms with Crippen LogP contribution in [0.25, 0.3) is 5.52 Å². The fraction of sp³-hybridized carbons (Fsp3) is 0.588. The average molecular weight is 271 g/mol. The van der Waals surface area contributed by atoms with Crippen molar-refractivity contribution in [2.24, 2.45) is 5.92 Å². The van der Waals surface area contributed by atoms with Gasteiger partial charge in [0.05, 0.1) is 11.7 Å². The maximum absolute atomic E-state index is 4.50. The molecule has 0 bridgehead atoms. The number of hydrogen-bond donors (Lipinski definition) is 1. The molecule has 0 amide bonds. The number of nitrogens with zero attached hydrogens (tertiary/aromatic N) is 2. The first-order chi connectivity index (χ1) is 9.88. The van der Waals surface area contributed by atoms with Gasteiger partial charge < -0.3 is 5.32 Å². The minimum absolute atomic E-state index is 0.456. The molecule has 108 valence electrons. The fourth-order valence-corrected chi connectivity index (χ4v) is 3.44. The lowest BCUT2D eigenvalue weighted by Gasteiger charge is -2.21. The molecule has 3 nitrogen and oxygen atoms in total. The zero-order valence-corrected chi connectivity index (χ0v) is 12.4. The van der Waals surface area contributed by atoms with Gasteiger partial charge in [0.15, 0.2) is 0 Å². The highest BCUT2D eigenvalue weighted by Gasteiger charge is 2.23. The fourth-order valence-electron chi connectivity index (χ4n) is 3.44. The van der Waals surface area contributed by atoms with Crippen molar-refractivity contribution in [2.45, 2.75) is 51.5 Å².